The molecule has 0 amide bonds. The number of nitrogens with zero attached hydrogens (tertiary/aromatic N) is 1. The summed E-state index contributed by atoms with van der Waals surface area (Å²) >= 11 is 0. The molecule has 1 fully saturated rings. The zero-order valence-corrected chi connectivity index (χ0v) is 7.34. The highest BCUT2D eigenvalue weighted by atomic mass is 16.5. The lowest BCUT2D eigenvalue weighted by molar-refractivity contribution is 0.223. The molecule has 0 radical (unpaired) electrons. The molecular weight excluding hydrogens is 152 g/mol. The Kier molecular flexibility index (Phi) is 1.79. The molecule has 0 saturated carbocycles. The first-order chi connectivity index (χ1) is 5.77. The monoisotopic (exact) mass is 166 g/mol. The van der Waals surface area contributed by atoms with E-state index in [0.717, 1.165) is 25.1 Å². The average Bonchev–Trinajstić information content (AvgIpc) is 2.07. The summed E-state index contributed by atoms with van der Waals surface area (Å²) < 4.78 is 5.18. The summed E-state index contributed by atoms with van der Waals surface area (Å²) in [5, 5.41) is 7.59. The summed E-state index contributed by atoms with van der Waals surface area (Å²) in [6.45, 7) is 1.84. The molecule has 3 nitrogen and oxygen atoms in total. The van der Waals surface area contributed by atoms with Crippen molar-refractivity contribution in [2.24, 2.45) is 5.92 Å². The molecule has 0 aromatic carbocycles. The fourth-order valence-electron chi connectivity index (χ4n) is 1.85. The van der Waals surface area contributed by atoms with Crippen molar-refractivity contribution < 1.29 is 4.74 Å². The van der Waals surface area contributed by atoms with E-state index in [2.05, 4.69) is 11.1 Å². The van der Waals surface area contributed by atoms with Gasteiger partial charge in [0.1, 0.15) is 0 Å². The molecule has 2 heterocycles. The topological polar surface area (TPSA) is 36.3 Å². The zero-order valence-electron chi connectivity index (χ0n) is 7.34. The van der Waals surface area contributed by atoms with E-state index in [-0.39, 0.29) is 0 Å². The number of rotatable bonds is 0. The van der Waals surface area contributed by atoms with Gasteiger partial charge in [-0.05, 0) is 18.8 Å². The minimum atomic E-state index is 0.387. The van der Waals surface area contributed by atoms with Gasteiger partial charge < -0.3 is 9.64 Å². The second-order valence-electron chi connectivity index (χ2n) is 3.52. The first-order valence-corrected chi connectivity index (χ1v) is 4.41. The molecule has 1 saturated heterocycles. The Bertz CT molecular complexity index is 235. The molecule has 2 aliphatic heterocycles. The SMILES string of the molecule is CN1C=C2C(=N)OCCC2CC1. The van der Waals surface area contributed by atoms with Gasteiger partial charge in [0.15, 0.2) is 0 Å². The molecule has 12 heavy (non-hydrogen) atoms. The summed E-state index contributed by atoms with van der Waals surface area (Å²) in [6.07, 6.45) is 4.31. The quantitative estimate of drug-likeness (QED) is 0.587. The van der Waals surface area contributed by atoms with Gasteiger partial charge in [-0.2, -0.15) is 0 Å². The van der Waals surface area contributed by atoms with Gasteiger partial charge in [0, 0.05) is 25.4 Å². The number of nitrogens with one attached hydrogen (secondary N) is 1. The molecule has 3 heteroatoms. The van der Waals surface area contributed by atoms with E-state index in [9.17, 15) is 0 Å². The lowest BCUT2D eigenvalue weighted by Crippen LogP contribution is -2.32. The van der Waals surface area contributed by atoms with E-state index < -0.39 is 0 Å². The summed E-state index contributed by atoms with van der Waals surface area (Å²) in [4.78, 5) is 2.13. The minimum Gasteiger partial charge on any atom is -0.478 e. The lowest BCUT2D eigenvalue weighted by atomic mass is 9.89. The Hall–Kier alpha value is -0.990. The number of hydrogen-bond acceptors (Lipinski definition) is 3. The van der Waals surface area contributed by atoms with Gasteiger partial charge in [0.05, 0.1) is 6.61 Å². The van der Waals surface area contributed by atoms with Crippen molar-refractivity contribution in [2.75, 3.05) is 20.2 Å². The Morgan fingerprint density at radius 2 is 2.42 bits per heavy atom. The van der Waals surface area contributed by atoms with Crippen LogP contribution >= 0.6 is 0 Å². The Morgan fingerprint density at radius 1 is 1.58 bits per heavy atom. The van der Waals surface area contributed by atoms with Gasteiger partial charge in [-0.25, -0.2) is 0 Å². The average molecular weight is 166 g/mol. The highest BCUT2D eigenvalue weighted by Gasteiger charge is 2.27. The van der Waals surface area contributed by atoms with E-state index in [1.165, 1.54) is 6.42 Å². The van der Waals surface area contributed by atoms with Crippen molar-refractivity contribution >= 4 is 5.90 Å². The third-order valence-corrected chi connectivity index (χ3v) is 2.60. The van der Waals surface area contributed by atoms with E-state index in [1.807, 2.05) is 7.05 Å². The van der Waals surface area contributed by atoms with E-state index in [0.29, 0.717) is 11.8 Å². The second-order valence-corrected chi connectivity index (χ2v) is 3.52. The molecule has 1 N–H and O–H groups in total. The van der Waals surface area contributed by atoms with Gasteiger partial charge in [-0.15, -0.1) is 0 Å². The van der Waals surface area contributed by atoms with Crippen LogP contribution in [0.25, 0.3) is 0 Å². The van der Waals surface area contributed by atoms with Gasteiger partial charge in [-0.1, -0.05) is 0 Å². The summed E-state index contributed by atoms with van der Waals surface area (Å²) in [5.74, 6) is 0.972. The molecule has 0 spiro atoms. The lowest BCUT2D eigenvalue weighted by Gasteiger charge is -2.33. The Labute approximate surface area is 72.5 Å². The van der Waals surface area contributed by atoms with Crippen molar-refractivity contribution in [1.29, 1.82) is 5.41 Å². The van der Waals surface area contributed by atoms with Crippen LogP contribution in [0, 0.1) is 11.3 Å². The van der Waals surface area contributed by atoms with E-state index in [4.69, 9.17) is 10.1 Å². The molecule has 0 aromatic heterocycles. The van der Waals surface area contributed by atoms with Crippen LogP contribution in [0.5, 0.6) is 0 Å². The van der Waals surface area contributed by atoms with Gasteiger partial charge in [-0.3, -0.25) is 5.41 Å². The molecule has 0 aromatic rings. The van der Waals surface area contributed by atoms with Crippen LogP contribution in [0.2, 0.25) is 0 Å². The molecule has 2 rings (SSSR count). The molecule has 1 unspecified atom stereocenters. The van der Waals surface area contributed by atoms with Crippen molar-refractivity contribution in [1.82, 2.24) is 4.90 Å². The first kappa shape index (κ1) is 7.65. The predicted octanol–water partition coefficient (Wildman–Crippen LogP) is 1.22. The fourth-order valence-corrected chi connectivity index (χ4v) is 1.85. The van der Waals surface area contributed by atoms with Gasteiger partial charge in [0.25, 0.3) is 0 Å². The maximum absolute atomic E-state index is 7.59. The smallest absolute Gasteiger partial charge is 0.210 e. The predicted molar refractivity (Wildman–Crippen MR) is 47.1 cm³/mol. The Balaban J connectivity index is 2.23. The standard InChI is InChI=1S/C9H14N2O/c1-11-4-2-7-3-5-12-9(10)8(7)6-11/h6-7,10H,2-5H2,1H3. The van der Waals surface area contributed by atoms with E-state index >= 15 is 0 Å². The van der Waals surface area contributed by atoms with Crippen molar-refractivity contribution in [3.8, 4) is 0 Å². The molecule has 66 valence electrons. The fraction of sp³-hybridized carbons (Fsp3) is 0.667. The second kappa shape index (κ2) is 2.81. The zero-order chi connectivity index (χ0) is 8.55. The van der Waals surface area contributed by atoms with Crippen molar-refractivity contribution in [3.63, 3.8) is 0 Å². The van der Waals surface area contributed by atoms with Gasteiger partial charge >= 0.3 is 0 Å². The van der Waals surface area contributed by atoms with Crippen LogP contribution < -0.4 is 0 Å². The molecule has 0 bridgehead atoms. The molecule has 1 atom stereocenters. The highest BCUT2D eigenvalue weighted by Crippen LogP contribution is 2.28. The van der Waals surface area contributed by atoms with Crippen LogP contribution in [0.1, 0.15) is 12.8 Å². The van der Waals surface area contributed by atoms with Crippen LogP contribution in [0.3, 0.4) is 0 Å². The Morgan fingerprint density at radius 3 is 3.25 bits per heavy atom. The number of ether oxygens (including phenoxy) is 1. The van der Waals surface area contributed by atoms with Crippen molar-refractivity contribution in [2.45, 2.75) is 12.8 Å². The van der Waals surface area contributed by atoms with E-state index in [1.54, 1.807) is 0 Å². The third-order valence-electron chi connectivity index (χ3n) is 2.60. The summed E-state index contributed by atoms with van der Waals surface area (Å²) in [6, 6.07) is 0. The van der Waals surface area contributed by atoms with Crippen LogP contribution in [-0.2, 0) is 4.74 Å². The number of fused-ring (bicyclic) bond motifs is 1. The van der Waals surface area contributed by atoms with Crippen LogP contribution in [0.15, 0.2) is 11.8 Å². The molecule has 2 aliphatic rings. The van der Waals surface area contributed by atoms with Gasteiger partial charge in [0.2, 0.25) is 5.90 Å². The van der Waals surface area contributed by atoms with Crippen molar-refractivity contribution in [3.05, 3.63) is 11.8 Å². The third kappa shape index (κ3) is 1.19. The maximum atomic E-state index is 7.59. The summed E-state index contributed by atoms with van der Waals surface area (Å²) in [7, 11) is 2.05. The summed E-state index contributed by atoms with van der Waals surface area (Å²) in [5.41, 5.74) is 1.09. The van der Waals surface area contributed by atoms with Crippen LogP contribution in [-0.4, -0.2) is 31.0 Å². The largest absolute Gasteiger partial charge is 0.478 e. The minimum absolute atomic E-state index is 0.387. The molecule has 0 aliphatic carbocycles. The first-order valence-electron chi connectivity index (χ1n) is 4.41. The number of hydrogen-bond donors (Lipinski definition) is 1. The maximum Gasteiger partial charge on any atom is 0.210 e. The normalized spacial score (nSPS) is 29.1. The highest BCUT2D eigenvalue weighted by molar-refractivity contribution is 5.92. The van der Waals surface area contributed by atoms with Crippen LogP contribution in [0.4, 0.5) is 0 Å². The molecular formula is C9H14N2O.